The Labute approximate surface area is 292 Å². The molecule has 15 nitrogen and oxygen atoms in total. The molecule has 2 heterocycles. The minimum Gasteiger partial charge on any atom is -0.390 e. The molecule has 1 aliphatic heterocycles. The van der Waals surface area contributed by atoms with Crippen LogP contribution >= 0.6 is 0 Å². The fourth-order valence-electron chi connectivity index (χ4n) is 6.02. The van der Waals surface area contributed by atoms with E-state index >= 15 is 0 Å². The van der Waals surface area contributed by atoms with Gasteiger partial charge >= 0.3 is 0 Å². The van der Waals surface area contributed by atoms with Crippen molar-refractivity contribution in [3.63, 3.8) is 0 Å². The number of amides is 6. The Balaban J connectivity index is 1.81. The van der Waals surface area contributed by atoms with Gasteiger partial charge in [-0.2, -0.15) is 0 Å². The molecule has 1 fully saturated rings. The highest BCUT2D eigenvalue weighted by Crippen LogP contribution is 2.17. The number of carbonyl (C=O) groups is 6. The second-order valence-corrected chi connectivity index (χ2v) is 13.4. The number of benzene rings is 1. The van der Waals surface area contributed by atoms with Gasteiger partial charge in [0.25, 0.3) is 0 Å². The molecule has 0 spiro atoms. The van der Waals surface area contributed by atoms with Crippen molar-refractivity contribution in [1.82, 2.24) is 36.1 Å². The molecule has 1 aliphatic rings. The van der Waals surface area contributed by atoms with Crippen molar-refractivity contribution in [2.24, 2.45) is 17.6 Å². The first kappa shape index (κ1) is 39.6. The predicted molar refractivity (Wildman–Crippen MR) is 185 cm³/mol. The minimum absolute atomic E-state index is 0.00382. The van der Waals surface area contributed by atoms with Gasteiger partial charge in [0.2, 0.25) is 35.9 Å². The van der Waals surface area contributed by atoms with Crippen molar-refractivity contribution in [2.45, 2.75) is 109 Å². The summed E-state index contributed by atoms with van der Waals surface area (Å²) >= 11 is 0. The summed E-state index contributed by atoms with van der Waals surface area (Å²) in [6.07, 6.45) is 4.00. The highest BCUT2D eigenvalue weighted by molar-refractivity contribution is 5.94. The number of hydrogen-bond donors (Lipinski definition) is 7. The first-order valence-corrected chi connectivity index (χ1v) is 17.2. The molecule has 15 heteroatoms. The second-order valence-electron chi connectivity index (χ2n) is 13.4. The van der Waals surface area contributed by atoms with Gasteiger partial charge in [-0.25, -0.2) is 4.98 Å². The van der Waals surface area contributed by atoms with Gasteiger partial charge in [0.15, 0.2) is 0 Å². The number of nitrogens with one attached hydrogen (secondary N) is 5. The van der Waals surface area contributed by atoms with E-state index in [1.807, 2.05) is 51.1 Å². The molecule has 0 bridgehead atoms. The third-order valence-corrected chi connectivity index (χ3v) is 9.01. The summed E-state index contributed by atoms with van der Waals surface area (Å²) in [5, 5.41) is 22.2. The van der Waals surface area contributed by atoms with Crippen LogP contribution in [0.15, 0.2) is 42.9 Å². The summed E-state index contributed by atoms with van der Waals surface area (Å²) < 4.78 is 0. The van der Waals surface area contributed by atoms with E-state index in [-0.39, 0.29) is 24.7 Å². The first-order chi connectivity index (χ1) is 23.8. The Morgan fingerprint density at radius 1 is 1.02 bits per heavy atom. The fraction of sp³-hybridized carbons (Fsp3) is 0.571. The molecule has 8 N–H and O–H groups in total. The number of primary amides is 1. The highest BCUT2D eigenvalue weighted by atomic mass is 16.3. The lowest BCUT2D eigenvalue weighted by atomic mass is 9.95. The zero-order valence-corrected chi connectivity index (χ0v) is 29.3. The number of aliphatic hydroxyl groups is 1. The molecular weight excluding hydrogens is 644 g/mol. The lowest BCUT2D eigenvalue weighted by Crippen LogP contribution is -2.58. The summed E-state index contributed by atoms with van der Waals surface area (Å²) in [6, 6.07) is 4.32. The van der Waals surface area contributed by atoms with E-state index in [0.717, 1.165) is 5.56 Å². The minimum atomic E-state index is -1.33. The third-order valence-electron chi connectivity index (χ3n) is 9.01. The molecule has 274 valence electrons. The van der Waals surface area contributed by atoms with Gasteiger partial charge in [0.1, 0.15) is 24.2 Å². The van der Waals surface area contributed by atoms with E-state index in [2.05, 4.69) is 31.2 Å². The summed E-state index contributed by atoms with van der Waals surface area (Å²) in [7, 11) is 0. The van der Waals surface area contributed by atoms with Crippen molar-refractivity contribution in [3.8, 4) is 0 Å². The highest BCUT2D eigenvalue weighted by Gasteiger charge is 2.35. The number of nitrogens with two attached hydrogens (primary N) is 1. The smallest absolute Gasteiger partial charge is 0.243 e. The lowest BCUT2D eigenvalue weighted by molar-refractivity contribution is -0.135. The van der Waals surface area contributed by atoms with E-state index in [4.69, 9.17) is 5.73 Å². The number of hydrogen-bond acceptors (Lipinski definition) is 8. The number of aromatic amines is 1. The van der Waals surface area contributed by atoms with Gasteiger partial charge in [-0.1, -0.05) is 64.4 Å². The molecular formula is C35H52N8O7. The van der Waals surface area contributed by atoms with Crippen LogP contribution in [0.3, 0.4) is 0 Å². The summed E-state index contributed by atoms with van der Waals surface area (Å²) in [5.74, 6) is -3.21. The molecule has 1 aromatic carbocycles. The maximum atomic E-state index is 13.9. The maximum Gasteiger partial charge on any atom is 0.243 e. The number of aromatic nitrogens is 2. The van der Waals surface area contributed by atoms with E-state index < -0.39 is 72.3 Å². The van der Waals surface area contributed by atoms with Crippen LogP contribution in [-0.4, -0.2) is 98.8 Å². The predicted octanol–water partition coefficient (Wildman–Crippen LogP) is 0.0834. The van der Waals surface area contributed by atoms with Crippen molar-refractivity contribution in [2.75, 3.05) is 6.54 Å². The Kier molecular flexibility index (Phi) is 15.4. The zero-order chi connectivity index (χ0) is 36.8. The van der Waals surface area contributed by atoms with Crippen LogP contribution in [-0.2, 0) is 41.6 Å². The maximum absolute atomic E-state index is 13.9. The lowest BCUT2D eigenvalue weighted by Gasteiger charge is -2.29. The summed E-state index contributed by atoms with van der Waals surface area (Å²) in [6.45, 7) is 7.89. The molecule has 6 amide bonds. The Morgan fingerprint density at radius 2 is 1.70 bits per heavy atom. The molecule has 3 unspecified atom stereocenters. The van der Waals surface area contributed by atoms with Crippen molar-refractivity contribution in [3.05, 3.63) is 54.1 Å². The monoisotopic (exact) mass is 696 g/mol. The van der Waals surface area contributed by atoms with Crippen LogP contribution in [0.2, 0.25) is 0 Å². The van der Waals surface area contributed by atoms with E-state index in [1.54, 1.807) is 6.92 Å². The largest absolute Gasteiger partial charge is 0.390 e. The SMILES string of the molecule is CCC(C)[C@H](NC(=O)CC(O)C(CC(C)C)NC(=O)[C@H](Cc1cnc[nH]1)NC(=O)[C@H](Cc1ccccc1)NC(=O)[C@@H]1CCCN1C=O)C(N)=O. The van der Waals surface area contributed by atoms with E-state index in [1.165, 1.54) is 17.4 Å². The Morgan fingerprint density at radius 3 is 2.30 bits per heavy atom. The summed E-state index contributed by atoms with van der Waals surface area (Å²) in [5.41, 5.74) is 6.81. The number of H-pyrrole nitrogens is 1. The molecule has 0 aliphatic carbocycles. The Hall–Kier alpha value is -4.79. The van der Waals surface area contributed by atoms with Crippen LogP contribution < -0.4 is 27.0 Å². The van der Waals surface area contributed by atoms with Gasteiger partial charge in [-0.05, 0) is 36.7 Å². The van der Waals surface area contributed by atoms with Crippen molar-refractivity contribution in [1.29, 1.82) is 0 Å². The van der Waals surface area contributed by atoms with Crippen LogP contribution in [0.25, 0.3) is 0 Å². The van der Waals surface area contributed by atoms with E-state index in [9.17, 15) is 33.9 Å². The van der Waals surface area contributed by atoms with Crippen molar-refractivity contribution >= 4 is 35.9 Å². The fourth-order valence-corrected chi connectivity index (χ4v) is 6.02. The normalized spacial score (nSPS) is 17.9. The molecule has 1 aromatic heterocycles. The second kappa shape index (κ2) is 19.4. The topological polar surface area (TPSA) is 229 Å². The molecule has 3 rings (SSSR count). The van der Waals surface area contributed by atoms with Crippen LogP contribution in [0, 0.1) is 11.8 Å². The van der Waals surface area contributed by atoms with Crippen molar-refractivity contribution < 1.29 is 33.9 Å². The molecule has 0 radical (unpaired) electrons. The molecule has 2 aromatic rings. The molecule has 50 heavy (non-hydrogen) atoms. The number of carbonyl (C=O) groups excluding carboxylic acids is 6. The van der Waals surface area contributed by atoms with Gasteiger partial charge in [-0.3, -0.25) is 28.8 Å². The van der Waals surface area contributed by atoms with Crippen LogP contribution in [0.1, 0.15) is 71.1 Å². The number of aliphatic hydroxyl groups excluding tert-OH is 1. The Bertz CT molecular complexity index is 1420. The zero-order valence-electron chi connectivity index (χ0n) is 29.3. The van der Waals surface area contributed by atoms with Crippen LogP contribution in [0.4, 0.5) is 0 Å². The van der Waals surface area contributed by atoms with Gasteiger partial charge in [0, 0.05) is 31.3 Å². The van der Waals surface area contributed by atoms with Crippen LogP contribution in [0.5, 0.6) is 0 Å². The molecule has 1 saturated heterocycles. The number of nitrogens with zero attached hydrogens (tertiary/aromatic N) is 2. The average molecular weight is 697 g/mol. The average Bonchev–Trinajstić information content (AvgIpc) is 3.78. The number of likely N-dealkylation sites (tertiary alicyclic amines) is 1. The van der Waals surface area contributed by atoms with Gasteiger partial charge < -0.3 is 42.0 Å². The standard InChI is InChI=1S/C35H52N8O7/c1-5-22(4)31(32(36)47)42-30(46)17-29(45)25(14-21(2)3)39-34(49)27(16-24-18-37-19-38-24)40-33(48)26(15-23-10-7-6-8-11-23)41-35(50)28-12-9-13-43(28)20-44/h6-8,10-11,18-22,25-29,31,45H,5,9,12-17H2,1-4H3,(H2,36,47)(H,37,38)(H,39,49)(H,40,48)(H,41,50)(H,42,46)/t22?,25?,26-,27-,28-,29?,31-/m0/s1. The first-order valence-electron chi connectivity index (χ1n) is 17.2. The molecule has 0 saturated carbocycles. The molecule has 7 atom stereocenters. The number of imidazole rings is 1. The number of rotatable bonds is 20. The quantitative estimate of drug-likeness (QED) is 0.0936. The summed E-state index contributed by atoms with van der Waals surface area (Å²) in [4.78, 5) is 85.8. The van der Waals surface area contributed by atoms with E-state index in [0.29, 0.717) is 44.3 Å². The third kappa shape index (κ3) is 12.0. The van der Waals surface area contributed by atoms with Gasteiger partial charge in [-0.15, -0.1) is 0 Å². The van der Waals surface area contributed by atoms with Gasteiger partial charge in [0.05, 0.1) is 24.9 Å².